The smallest absolute Gasteiger partial charge is 0.410 e. The predicted molar refractivity (Wildman–Crippen MR) is 246 cm³/mol. The van der Waals surface area contributed by atoms with E-state index in [4.69, 9.17) is 33.2 Å². The first-order valence-corrected chi connectivity index (χ1v) is 22.3. The van der Waals surface area contributed by atoms with Crippen LogP contribution in [0.15, 0.2) is 36.4 Å². The highest BCUT2D eigenvalue weighted by molar-refractivity contribution is 5.96. The number of carbonyl (C=O) groups is 3. The van der Waals surface area contributed by atoms with Gasteiger partial charge in [0.1, 0.15) is 5.60 Å². The second-order valence-electron chi connectivity index (χ2n) is 16.9. The van der Waals surface area contributed by atoms with Crippen molar-refractivity contribution in [1.29, 1.82) is 0 Å². The topological polar surface area (TPSA) is 138 Å². The van der Waals surface area contributed by atoms with Crippen molar-refractivity contribution in [3.8, 4) is 23.0 Å². The van der Waals surface area contributed by atoms with Gasteiger partial charge in [-0.05, 0) is 131 Å². The van der Waals surface area contributed by atoms with E-state index < -0.39 is 5.60 Å². The largest absolute Gasteiger partial charge is 0.490 e. The Morgan fingerprint density at radius 1 is 0.710 bits per heavy atom. The van der Waals surface area contributed by atoms with Gasteiger partial charge in [0.2, 0.25) is 0 Å². The van der Waals surface area contributed by atoms with Crippen molar-refractivity contribution in [2.45, 2.75) is 131 Å². The van der Waals surface area contributed by atoms with E-state index in [9.17, 15) is 14.4 Å². The van der Waals surface area contributed by atoms with Gasteiger partial charge in [0.05, 0.1) is 32.5 Å². The Kier molecular flexibility index (Phi) is 24.4. The molecule has 0 bridgehead atoms. The molecule has 352 valence electrons. The van der Waals surface area contributed by atoms with Gasteiger partial charge in [-0.3, -0.25) is 9.59 Å². The number of halogens is 1. The number of carbonyl (C=O) groups excluding carboxylic acids is 3. The van der Waals surface area contributed by atoms with Crippen LogP contribution in [-0.4, -0.2) is 142 Å². The highest BCUT2D eigenvalue weighted by Crippen LogP contribution is 2.32. The minimum atomic E-state index is -0.556. The van der Waals surface area contributed by atoms with Crippen LogP contribution >= 0.6 is 12.4 Å². The number of nitrogens with zero attached hydrogens (tertiary/aromatic N) is 3. The van der Waals surface area contributed by atoms with Crippen LogP contribution in [0, 0.1) is 0 Å². The summed E-state index contributed by atoms with van der Waals surface area (Å²) in [4.78, 5) is 45.2. The van der Waals surface area contributed by atoms with E-state index in [0.717, 1.165) is 51.6 Å². The van der Waals surface area contributed by atoms with E-state index in [1.54, 1.807) is 37.3 Å². The minimum absolute atomic E-state index is 0. The number of ether oxygens (including phenoxy) is 7. The lowest BCUT2D eigenvalue weighted by atomic mass is 10.0. The van der Waals surface area contributed by atoms with Gasteiger partial charge in [-0.25, -0.2) is 4.79 Å². The first kappa shape index (κ1) is 54.2. The number of methoxy groups -OCH3 is 2. The molecule has 4 rings (SSSR count). The zero-order chi connectivity index (χ0) is 45.0. The molecular weight excluding hydrogens is 816 g/mol. The van der Waals surface area contributed by atoms with Gasteiger partial charge in [0.15, 0.2) is 23.0 Å². The molecule has 0 unspecified atom stereocenters. The average Bonchev–Trinajstić information content (AvgIpc) is 3.22. The fourth-order valence-corrected chi connectivity index (χ4v) is 7.52. The molecule has 2 aliphatic rings. The summed E-state index contributed by atoms with van der Waals surface area (Å²) in [6.07, 6.45) is 4.97. The van der Waals surface area contributed by atoms with Crippen LogP contribution in [0.1, 0.15) is 122 Å². The summed E-state index contributed by atoms with van der Waals surface area (Å²) < 4.78 is 38.9. The van der Waals surface area contributed by atoms with Crippen molar-refractivity contribution >= 4 is 30.3 Å². The van der Waals surface area contributed by atoms with Gasteiger partial charge in [-0.2, -0.15) is 0 Å². The molecule has 15 heteroatoms. The molecule has 0 aromatic heterocycles. The van der Waals surface area contributed by atoms with E-state index in [2.05, 4.69) is 19.2 Å². The zero-order valence-corrected chi connectivity index (χ0v) is 40.2. The molecule has 3 amide bonds. The fraction of sp³-hybridized carbons (Fsp3) is 0.681. The van der Waals surface area contributed by atoms with E-state index in [1.165, 1.54) is 0 Å². The standard InChI is InChI=1S/C26H42N2O6.C21H34N2O4.ClH/c1-8-32-22-13-12-20(17-23(22)33-16-10-15-31-7)24(29)28(19(2)3)21-11-9-14-27(18-21)25(30)34-26(4,5)6;1-5-26-19-10-9-17(14-20(19)27-13-7-12-25-4)21(24)23(16(2)3)18-8-6-11-22-15-18;/h12-13,17,19,21H,8-11,14-16,18H2,1-7H3;9-10,14,16,18,22H,5-8,11-13,15H2,1-4H3;1H/t21-;18-;/m11./s1. The monoisotopic (exact) mass is 893 g/mol. The zero-order valence-electron chi connectivity index (χ0n) is 39.4. The van der Waals surface area contributed by atoms with Crippen molar-refractivity contribution in [1.82, 2.24) is 20.0 Å². The number of benzene rings is 2. The molecule has 2 fully saturated rings. The SMILES string of the molecule is CCOc1ccc(C(=O)N(C(C)C)[C@@H]2CCCN(C(=O)OC(C)(C)C)C2)cc1OCCCOC.CCOc1ccc(C(=O)N(C(C)C)[C@@H]2CCCNC2)cc1OCCCOC.Cl. The third-order valence-corrected chi connectivity index (χ3v) is 10.2. The van der Waals surface area contributed by atoms with Crippen molar-refractivity contribution in [2.75, 3.05) is 80.0 Å². The number of amides is 3. The Bertz CT molecular complexity index is 1630. The lowest BCUT2D eigenvalue weighted by Crippen LogP contribution is -2.54. The van der Waals surface area contributed by atoms with Crippen LogP contribution < -0.4 is 24.3 Å². The Morgan fingerprint density at radius 3 is 1.61 bits per heavy atom. The predicted octanol–water partition coefficient (Wildman–Crippen LogP) is 8.28. The van der Waals surface area contributed by atoms with Crippen LogP contribution in [0.5, 0.6) is 23.0 Å². The molecule has 2 heterocycles. The minimum Gasteiger partial charge on any atom is -0.490 e. The molecule has 2 aromatic carbocycles. The molecule has 14 nitrogen and oxygen atoms in total. The second-order valence-corrected chi connectivity index (χ2v) is 16.9. The number of rotatable bonds is 20. The second kappa shape index (κ2) is 27.9. The van der Waals surface area contributed by atoms with Gasteiger partial charge in [0, 0.05) is 89.2 Å². The molecule has 0 aliphatic carbocycles. The third-order valence-electron chi connectivity index (χ3n) is 10.2. The van der Waals surface area contributed by atoms with E-state index in [1.807, 2.05) is 76.5 Å². The summed E-state index contributed by atoms with van der Waals surface area (Å²) in [5.74, 6) is 2.40. The summed E-state index contributed by atoms with van der Waals surface area (Å²) >= 11 is 0. The van der Waals surface area contributed by atoms with E-state index >= 15 is 0 Å². The van der Waals surface area contributed by atoms with Crippen molar-refractivity contribution in [2.24, 2.45) is 0 Å². The summed E-state index contributed by atoms with van der Waals surface area (Å²) in [7, 11) is 3.33. The molecule has 0 saturated carbocycles. The van der Waals surface area contributed by atoms with Gasteiger partial charge >= 0.3 is 6.09 Å². The average molecular weight is 894 g/mol. The summed E-state index contributed by atoms with van der Waals surface area (Å²) in [5.41, 5.74) is 0.618. The Balaban J connectivity index is 0.000000430. The normalized spacial score (nSPS) is 16.4. The van der Waals surface area contributed by atoms with Crippen molar-refractivity contribution < 1.29 is 47.5 Å². The first-order chi connectivity index (χ1) is 29.1. The van der Waals surface area contributed by atoms with Crippen LogP contribution in [0.3, 0.4) is 0 Å². The van der Waals surface area contributed by atoms with Crippen molar-refractivity contribution in [3.05, 3.63) is 47.5 Å². The van der Waals surface area contributed by atoms with Gasteiger partial charge in [0.25, 0.3) is 11.8 Å². The molecule has 2 aromatic rings. The Labute approximate surface area is 378 Å². The van der Waals surface area contributed by atoms with E-state index in [0.29, 0.717) is 86.9 Å². The number of likely N-dealkylation sites (tertiary alicyclic amines) is 1. The summed E-state index contributed by atoms with van der Waals surface area (Å²) in [6, 6.07) is 11.0. The summed E-state index contributed by atoms with van der Waals surface area (Å²) in [6.45, 7) is 23.8. The molecule has 0 spiro atoms. The first-order valence-electron chi connectivity index (χ1n) is 22.3. The van der Waals surface area contributed by atoms with Crippen LogP contribution in [0.2, 0.25) is 0 Å². The maximum Gasteiger partial charge on any atom is 0.410 e. The van der Waals surface area contributed by atoms with Gasteiger partial charge in [-0.1, -0.05) is 0 Å². The molecule has 0 radical (unpaired) electrons. The van der Waals surface area contributed by atoms with Crippen LogP contribution in [0.4, 0.5) is 4.79 Å². The number of hydrogen-bond acceptors (Lipinski definition) is 11. The maximum atomic E-state index is 13.7. The highest BCUT2D eigenvalue weighted by Gasteiger charge is 2.35. The lowest BCUT2D eigenvalue weighted by molar-refractivity contribution is 0.00751. The molecule has 62 heavy (non-hydrogen) atoms. The molecule has 2 saturated heterocycles. The molecular formula is C47H77ClN4O10. The Hall–Kier alpha value is -3.98. The van der Waals surface area contributed by atoms with Gasteiger partial charge in [-0.15, -0.1) is 12.4 Å². The quantitative estimate of drug-likeness (QED) is 0.129. The fourth-order valence-electron chi connectivity index (χ4n) is 7.52. The third kappa shape index (κ3) is 17.3. The van der Waals surface area contributed by atoms with Crippen molar-refractivity contribution in [3.63, 3.8) is 0 Å². The highest BCUT2D eigenvalue weighted by atomic mass is 35.5. The lowest BCUT2D eigenvalue weighted by Gasteiger charge is -2.41. The number of nitrogens with one attached hydrogen (secondary N) is 1. The number of hydrogen-bond donors (Lipinski definition) is 1. The molecule has 2 aliphatic heterocycles. The van der Waals surface area contributed by atoms with E-state index in [-0.39, 0.29) is 54.5 Å². The molecule has 2 atom stereocenters. The maximum absolute atomic E-state index is 13.7. The van der Waals surface area contributed by atoms with Gasteiger partial charge < -0.3 is 53.2 Å². The summed E-state index contributed by atoms with van der Waals surface area (Å²) in [5, 5.41) is 3.40. The number of piperidine rings is 2. The Morgan fingerprint density at radius 2 is 1.19 bits per heavy atom. The molecule has 1 N–H and O–H groups in total. The van der Waals surface area contributed by atoms with Crippen LogP contribution in [-0.2, 0) is 14.2 Å². The van der Waals surface area contributed by atoms with Crippen LogP contribution in [0.25, 0.3) is 0 Å².